The lowest BCUT2D eigenvalue weighted by Gasteiger charge is -2.08. The van der Waals surface area contributed by atoms with Crippen LogP contribution in [0, 0.1) is 0 Å². The highest BCUT2D eigenvalue weighted by atomic mass is 32.2. The first-order chi connectivity index (χ1) is 8.25. The number of anilines is 1. The Bertz CT molecular complexity index is 494. The molecule has 1 aromatic carbocycles. The number of halogens is 6. The zero-order valence-electron chi connectivity index (χ0n) is 8.96. The summed E-state index contributed by atoms with van der Waals surface area (Å²) in [6, 6.07) is 5.70. The van der Waals surface area contributed by atoms with E-state index in [1.165, 1.54) is 24.3 Å². The van der Waals surface area contributed by atoms with Crippen molar-refractivity contribution < 1.29 is 34.8 Å². The molecule has 0 saturated heterocycles. The summed E-state index contributed by atoms with van der Waals surface area (Å²) in [6.45, 7) is 0. The third-order valence-corrected chi connectivity index (χ3v) is 2.46. The van der Waals surface area contributed by atoms with Crippen LogP contribution in [0.1, 0.15) is 0 Å². The summed E-state index contributed by atoms with van der Waals surface area (Å²) < 4.78 is 84.0. The predicted molar refractivity (Wildman–Crippen MR) is 54.3 cm³/mol. The molecule has 0 heterocycles. The number of nitrogen functional groups attached to an aromatic ring is 1. The minimum Gasteiger partial charge on any atom is -0.399 e. The number of nitrogens with two attached hydrogens (primary N) is 2. The van der Waals surface area contributed by atoms with Crippen molar-refractivity contribution >= 4 is 15.7 Å². The molecule has 0 fully saturated rings. The Labute approximate surface area is 104 Å². The van der Waals surface area contributed by atoms with Crippen LogP contribution in [0.2, 0.25) is 0 Å². The number of alkyl halides is 6. The lowest BCUT2D eigenvalue weighted by molar-refractivity contribution is -0.339. The summed E-state index contributed by atoms with van der Waals surface area (Å²) in [5.74, 6) is 0. The number of benzene rings is 1. The highest BCUT2D eigenvalue weighted by molar-refractivity contribution is 7.89. The van der Waals surface area contributed by atoms with E-state index in [2.05, 4.69) is 0 Å². The molecule has 0 saturated carbocycles. The average Bonchev–Trinajstić information content (AvgIpc) is 2.14. The molecule has 1 rings (SSSR count). The highest BCUT2D eigenvalue weighted by Crippen LogP contribution is 2.35. The van der Waals surface area contributed by atoms with Gasteiger partial charge >= 0.3 is 12.4 Å². The fraction of sp³-hybridized carbons (Fsp3) is 0.250. The van der Waals surface area contributed by atoms with Gasteiger partial charge in [-0.3, -0.25) is 0 Å². The van der Waals surface area contributed by atoms with Crippen LogP contribution in [0.25, 0.3) is 0 Å². The standard InChI is InChI=1S/C6H8N2O2S.C2F6/c7-5-1-3-6(4-2-5)11(8,9)10;3-1(4,5)2(6,7)8/h1-4H,7H2,(H2,8,9,10);. The third kappa shape index (κ3) is 6.29. The van der Waals surface area contributed by atoms with Crippen molar-refractivity contribution in [1.82, 2.24) is 0 Å². The van der Waals surface area contributed by atoms with Crippen molar-refractivity contribution in [3.05, 3.63) is 24.3 Å². The Morgan fingerprint density at radius 3 is 1.37 bits per heavy atom. The van der Waals surface area contributed by atoms with Gasteiger partial charge in [-0.05, 0) is 24.3 Å². The number of hydrogen-bond acceptors (Lipinski definition) is 3. The van der Waals surface area contributed by atoms with Gasteiger partial charge in [-0.1, -0.05) is 0 Å². The summed E-state index contributed by atoms with van der Waals surface area (Å²) in [5.41, 5.74) is 5.85. The predicted octanol–water partition coefficient (Wildman–Crippen LogP) is 2.03. The minimum atomic E-state index is -6.06. The van der Waals surface area contributed by atoms with E-state index in [0.717, 1.165) is 0 Å². The molecule has 0 spiro atoms. The summed E-state index contributed by atoms with van der Waals surface area (Å²) in [4.78, 5) is 0.0756. The van der Waals surface area contributed by atoms with Gasteiger partial charge in [0.15, 0.2) is 0 Å². The van der Waals surface area contributed by atoms with Crippen LogP contribution in [-0.2, 0) is 10.0 Å². The number of rotatable bonds is 1. The fourth-order valence-corrected chi connectivity index (χ4v) is 1.17. The van der Waals surface area contributed by atoms with E-state index >= 15 is 0 Å². The summed E-state index contributed by atoms with van der Waals surface area (Å²) >= 11 is 0. The zero-order chi connectivity index (χ0) is 15.5. The molecule has 0 radical (unpaired) electrons. The van der Waals surface area contributed by atoms with E-state index in [1.807, 2.05) is 0 Å². The van der Waals surface area contributed by atoms with Crippen LogP contribution >= 0.6 is 0 Å². The van der Waals surface area contributed by atoms with Crippen LogP contribution < -0.4 is 10.9 Å². The number of primary sulfonamides is 1. The van der Waals surface area contributed by atoms with Crippen molar-refractivity contribution in [3.63, 3.8) is 0 Å². The second-order valence-corrected chi connectivity index (χ2v) is 4.67. The summed E-state index contributed by atoms with van der Waals surface area (Å²) in [5, 5.41) is 4.84. The molecule has 0 aromatic heterocycles. The van der Waals surface area contributed by atoms with Crippen LogP contribution in [-0.4, -0.2) is 20.8 Å². The molecule has 0 atom stereocenters. The van der Waals surface area contributed by atoms with Gasteiger partial charge in [0.1, 0.15) is 0 Å². The smallest absolute Gasteiger partial charge is 0.399 e. The number of sulfonamides is 1. The molecule has 1 aromatic rings. The van der Waals surface area contributed by atoms with Crippen LogP contribution in [0.5, 0.6) is 0 Å². The van der Waals surface area contributed by atoms with Crippen LogP contribution in [0.15, 0.2) is 29.2 Å². The second kappa shape index (κ2) is 5.65. The van der Waals surface area contributed by atoms with Gasteiger partial charge in [0, 0.05) is 5.69 Å². The van der Waals surface area contributed by atoms with Gasteiger partial charge in [0.05, 0.1) is 4.90 Å². The molecule has 4 nitrogen and oxygen atoms in total. The molecule has 110 valence electrons. The maximum absolute atomic E-state index is 10.7. The molecule has 0 aliphatic heterocycles. The number of hydrogen-bond donors (Lipinski definition) is 2. The van der Waals surface area contributed by atoms with E-state index in [0.29, 0.717) is 5.69 Å². The maximum Gasteiger partial charge on any atom is 0.487 e. The summed E-state index contributed by atoms with van der Waals surface area (Å²) in [7, 11) is -3.58. The third-order valence-electron chi connectivity index (χ3n) is 1.53. The summed E-state index contributed by atoms with van der Waals surface area (Å²) in [6.07, 6.45) is -12.1. The van der Waals surface area contributed by atoms with E-state index < -0.39 is 22.4 Å². The molecule has 0 unspecified atom stereocenters. The monoisotopic (exact) mass is 310 g/mol. The molecule has 0 bridgehead atoms. The van der Waals surface area contributed by atoms with E-state index in [-0.39, 0.29) is 4.90 Å². The quantitative estimate of drug-likeness (QED) is 0.614. The Morgan fingerprint density at radius 1 is 0.842 bits per heavy atom. The fourth-order valence-electron chi connectivity index (χ4n) is 0.658. The Hall–Kier alpha value is -1.49. The van der Waals surface area contributed by atoms with Crippen LogP contribution in [0.3, 0.4) is 0 Å². The molecular weight excluding hydrogens is 302 g/mol. The second-order valence-electron chi connectivity index (χ2n) is 3.11. The van der Waals surface area contributed by atoms with Gasteiger partial charge in [-0.15, -0.1) is 0 Å². The topological polar surface area (TPSA) is 86.2 Å². The molecule has 4 N–H and O–H groups in total. The molecule has 11 heteroatoms. The Balaban J connectivity index is 0.000000362. The highest BCUT2D eigenvalue weighted by Gasteiger charge is 2.58. The normalized spacial score (nSPS) is 12.6. The largest absolute Gasteiger partial charge is 0.487 e. The minimum absolute atomic E-state index is 0.0756. The molecule has 19 heavy (non-hydrogen) atoms. The molecule has 0 aliphatic rings. The van der Waals surface area contributed by atoms with Crippen molar-refractivity contribution in [2.75, 3.05) is 5.73 Å². The van der Waals surface area contributed by atoms with Gasteiger partial charge in [-0.25, -0.2) is 13.6 Å². The Morgan fingerprint density at radius 2 is 1.16 bits per heavy atom. The SMILES string of the molecule is FC(F)(F)C(F)(F)F.Nc1ccc(S(N)(=O)=O)cc1. The molecular formula is C8H8F6N2O2S. The zero-order valence-corrected chi connectivity index (χ0v) is 9.77. The van der Waals surface area contributed by atoms with Crippen molar-refractivity contribution in [2.45, 2.75) is 17.2 Å². The average molecular weight is 310 g/mol. The molecule has 0 aliphatic carbocycles. The van der Waals surface area contributed by atoms with Crippen LogP contribution in [0.4, 0.5) is 32.0 Å². The van der Waals surface area contributed by atoms with E-state index in [9.17, 15) is 34.8 Å². The lowest BCUT2D eigenvalue weighted by Crippen LogP contribution is -2.30. The van der Waals surface area contributed by atoms with Gasteiger partial charge in [-0.2, -0.15) is 26.3 Å². The van der Waals surface area contributed by atoms with Gasteiger partial charge < -0.3 is 5.73 Å². The van der Waals surface area contributed by atoms with E-state index in [1.54, 1.807) is 0 Å². The first kappa shape index (κ1) is 17.5. The van der Waals surface area contributed by atoms with E-state index in [4.69, 9.17) is 10.9 Å². The van der Waals surface area contributed by atoms with Crippen molar-refractivity contribution in [2.24, 2.45) is 5.14 Å². The van der Waals surface area contributed by atoms with Crippen molar-refractivity contribution in [3.8, 4) is 0 Å². The first-order valence-corrected chi connectivity index (χ1v) is 5.81. The van der Waals surface area contributed by atoms with Crippen molar-refractivity contribution in [1.29, 1.82) is 0 Å². The maximum atomic E-state index is 10.7. The Kier molecular flexibility index (Phi) is 5.21. The van der Waals surface area contributed by atoms with Gasteiger partial charge in [0.2, 0.25) is 10.0 Å². The molecule has 0 amide bonds. The first-order valence-electron chi connectivity index (χ1n) is 4.27. The lowest BCUT2D eigenvalue weighted by atomic mass is 10.3. The van der Waals surface area contributed by atoms with Gasteiger partial charge in [0.25, 0.3) is 0 Å².